The van der Waals surface area contributed by atoms with E-state index in [0.717, 1.165) is 12.1 Å². The van der Waals surface area contributed by atoms with Crippen molar-refractivity contribution in [2.24, 2.45) is 5.73 Å². The van der Waals surface area contributed by atoms with Crippen LogP contribution in [-0.2, 0) is 11.2 Å². The Labute approximate surface area is 158 Å². The van der Waals surface area contributed by atoms with Crippen molar-refractivity contribution in [3.8, 4) is 0 Å². The third-order valence-corrected chi connectivity index (χ3v) is 4.46. The molecule has 0 aromatic heterocycles. The fourth-order valence-electron chi connectivity index (χ4n) is 3.11. The standard InChI is InChI=1S/C19H14N2O7/c20-15(22)11-4-2-1-3-9(11)8-14(19(27)28)21-16(23)12-6-5-10(18(25)26)7-13(12)17(21)24/h1-7,14H,8H2,(H2,20,22)(H,25,26)(H,27,28)/t14-/m1/s1. The van der Waals surface area contributed by atoms with E-state index < -0.39 is 35.7 Å². The molecule has 0 bridgehead atoms. The fraction of sp³-hybridized carbons (Fsp3) is 0.105. The molecule has 0 fully saturated rings. The monoisotopic (exact) mass is 382 g/mol. The Morgan fingerprint density at radius 2 is 1.61 bits per heavy atom. The minimum Gasteiger partial charge on any atom is -0.480 e. The van der Waals surface area contributed by atoms with Crippen molar-refractivity contribution in [1.82, 2.24) is 4.90 Å². The molecular formula is C19H14N2O7. The Kier molecular flexibility index (Phi) is 4.66. The molecule has 0 saturated heterocycles. The van der Waals surface area contributed by atoms with Gasteiger partial charge in [0, 0.05) is 12.0 Å². The van der Waals surface area contributed by atoms with Gasteiger partial charge in [0.05, 0.1) is 16.7 Å². The molecule has 28 heavy (non-hydrogen) atoms. The SMILES string of the molecule is NC(=O)c1ccccc1C[C@H](C(=O)O)N1C(=O)c2ccc(C(=O)O)cc2C1=O. The van der Waals surface area contributed by atoms with Crippen LogP contribution < -0.4 is 5.73 Å². The highest BCUT2D eigenvalue weighted by Gasteiger charge is 2.43. The first kappa shape index (κ1) is 18.8. The van der Waals surface area contributed by atoms with Gasteiger partial charge in [0.1, 0.15) is 6.04 Å². The van der Waals surface area contributed by atoms with Crippen LogP contribution in [0.3, 0.4) is 0 Å². The Morgan fingerprint density at radius 1 is 0.964 bits per heavy atom. The summed E-state index contributed by atoms with van der Waals surface area (Å²) in [6, 6.07) is 7.80. The number of benzene rings is 2. The van der Waals surface area contributed by atoms with Gasteiger partial charge in [0.15, 0.2) is 0 Å². The predicted molar refractivity (Wildman–Crippen MR) is 94.0 cm³/mol. The lowest BCUT2D eigenvalue weighted by Gasteiger charge is -2.23. The van der Waals surface area contributed by atoms with E-state index >= 15 is 0 Å². The highest BCUT2D eigenvalue weighted by molar-refractivity contribution is 6.23. The molecule has 1 heterocycles. The molecular weight excluding hydrogens is 368 g/mol. The van der Waals surface area contributed by atoms with Crippen LogP contribution in [0.1, 0.15) is 47.0 Å². The van der Waals surface area contributed by atoms with Crippen molar-refractivity contribution in [2.45, 2.75) is 12.5 Å². The normalized spacial score (nSPS) is 13.9. The first-order valence-corrected chi connectivity index (χ1v) is 8.08. The maximum atomic E-state index is 12.7. The van der Waals surface area contributed by atoms with Gasteiger partial charge in [-0.25, -0.2) is 9.59 Å². The number of nitrogens with two attached hydrogens (primary N) is 1. The van der Waals surface area contributed by atoms with Crippen LogP contribution in [0.5, 0.6) is 0 Å². The number of nitrogens with zero attached hydrogens (tertiary/aromatic N) is 1. The van der Waals surface area contributed by atoms with Crippen LogP contribution in [0, 0.1) is 0 Å². The Morgan fingerprint density at radius 3 is 2.21 bits per heavy atom. The van der Waals surface area contributed by atoms with E-state index in [1.165, 1.54) is 18.2 Å². The Hall–Kier alpha value is -4.01. The molecule has 4 N–H and O–H groups in total. The average Bonchev–Trinajstić information content (AvgIpc) is 2.90. The zero-order valence-corrected chi connectivity index (χ0v) is 14.3. The summed E-state index contributed by atoms with van der Waals surface area (Å²) in [5, 5.41) is 18.7. The zero-order valence-electron chi connectivity index (χ0n) is 14.3. The van der Waals surface area contributed by atoms with Crippen molar-refractivity contribution in [2.75, 3.05) is 0 Å². The molecule has 1 aliphatic heterocycles. The predicted octanol–water partition coefficient (Wildman–Crippen LogP) is 0.776. The lowest BCUT2D eigenvalue weighted by molar-refractivity contribution is -0.141. The molecule has 0 spiro atoms. The first-order chi connectivity index (χ1) is 13.2. The number of rotatable bonds is 6. The van der Waals surface area contributed by atoms with Crippen molar-refractivity contribution in [1.29, 1.82) is 0 Å². The van der Waals surface area contributed by atoms with Crippen LogP contribution in [0.4, 0.5) is 0 Å². The summed E-state index contributed by atoms with van der Waals surface area (Å²) in [5.41, 5.74) is 5.19. The van der Waals surface area contributed by atoms with E-state index in [9.17, 15) is 29.1 Å². The number of fused-ring (bicyclic) bond motifs is 1. The van der Waals surface area contributed by atoms with E-state index in [1.54, 1.807) is 12.1 Å². The zero-order chi connectivity index (χ0) is 20.6. The molecule has 1 atom stereocenters. The van der Waals surface area contributed by atoms with Gasteiger partial charge < -0.3 is 15.9 Å². The average molecular weight is 382 g/mol. The number of hydrogen-bond acceptors (Lipinski definition) is 5. The van der Waals surface area contributed by atoms with Crippen LogP contribution in [0.15, 0.2) is 42.5 Å². The van der Waals surface area contributed by atoms with Crippen LogP contribution >= 0.6 is 0 Å². The molecule has 142 valence electrons. The molecule has 9 heteroatoms. The molecule has 9 nitrogen and oxygen atoms in total. The van der Waals surface area contributed by atoms with Gasteiger partial charge >= 0.3 is 11.9 Å². The molecule has 1 aliphatic rings. The minimum absolute atomic E-state index is 0.0792. The lowest BCUT2D eigenvalue weighted by Crippen LogP contribution is -2.46. The number of primary amides is 1. The fourth-order valence-corrected chi connectivity index (χ4v) is 3.11. The van der Waals surface area contributed by atoms with Crippen LogP contribution in [-0.4, -0.2) is 50.8 Å². The van der Waals surface area contributed by atoms with E-state index in [2.05, 4.69) is 0 Å². The van der Waals surface area contributed by atoms with E-state index in [1.807, 2.05) is 0 Å². The largest absolute Gasteiger partial charge is 0.480 e. The van der Waals surface area contributed by atoms with Gasteiger partial charge in [0.25, 0.3) is 11.8 Å². The van der Waals surface area contributed by atoms with Crippen molar-refractivity contribution < 1.29 is 34.2 Å². The number of carbonyl (C=O) groups is 5. The van der Waals surface area contributed by atoms with Gasteiger partial charge in [-0.05, 0) is 29.8 Å². The molecule has 3 rings (SSSR count). The maximum absolute atomic E-state index is 12.7. The van der Waals surface area contributed by atoms with E-state index in [4.69, 9.17) is 10.8 Å². The molecule has 0 unspecified atom stereocenters. The minimum atomic E-state index is -1.60. The number of imide groups is 1. The molecule has 0 saturated carbocycles. The van der Waals surface area contributed by atoms with Gasteiger partial charge in [-0.15, -0.1) is 0 Å². The topological polar surface area (TPSA) is 155 Å². The van der Waals surface area contributed by atoms with E-state index in [0.29, 0.717) is 4.90 Å². The molecule has 3 amide bonds. The number of aliphatic carboxylic acids is 1. The van der Waals surface area contributed by atoms with Crippen LogP contribution in [0.25, 0.3) is 0 Å². The third kappa shape index (κ3) is 3.09. The Balaban J connectivity index is 2.01. The quantitative estimate of drug-likeness (QED) is 0.623. The lowest BCUT2D eigenvalue weighted by atomic mass is 9.99. The van der Waals surface area contributed by atoms with E-state index in [-0.39, 0.29) is 34.2 Å². The molecule has 2 aromatic carbocycles. The highest BCUT2D eigenvalue weighted by atomic mass is 16.4. The highest BCUT2D eigenvalue weighted by Crippen LogP contribution is 2.27. The second-order valence-corrected chi connectivity index (χ2v) is 6.13. The van der Waals surface area contributed by atoms with Crippen molar-refractivity contribution >= 4 is 29.7 Å². The first-order valence-electron chi connectivity index (χ1n) is 8.08. The summed E-state index contributed by atoms with van der Waals surface area (Å²) >= 11 is 0. The summed E-state index contributed by atoms with van der Waals surface area (Å²) in [7, 11) is 0. The Bertz CT molecular complexity index is 1040. The number of hydrogen-bond donors (Lipinski definition) is 3. The number of carboxylic acids is 2. The summed E-state index contributed by atoms with van der Waals surface area (Å²) < 4.78 is 0. The summed E-state index contributed by atoms with van der Waals surface area (Å²) in [4.78, 5) is 60.4. The smallest absolute Gasteiger partial charge is 0.335 e. The van der Waals surface area contributed by atoms with Gasteiger partial charge in [-0.2, -0.15) is 0 Å². The maximum Gasteiger partial charge on any atom is 0.335 e. The third-order valence-electron chi connectivity index (χ3n) is 4.46. The number of carbonyl (C=O) groups excluding carboxylic acids is 3. The van der Waals surface area contributed by atoms with Crippen molar-refractivity contribution in [3.05, 3.63) is 70.3 Å². The molecule has 0 aliphatic carbocycles. The van der Waals surface area contributed by atoms with Gasteiger partial charge in [-0.1, -0.05) is 18.2 Å². The van der Waals surface area contributed by atoms with Gasteiger partial charge in [-0.3, -0.25) is 19.3 Å². The molecule has 0 radical (unpaired) electrons. The summed E-state index contributed by atoms with van der Waals surface area (Å²) in [5.74, 6) is -5.26. The van der Waals surface area contributed by atoms with Crippen molar-refractivity contribution in [3.63, 3.8) is 0 Å². The number of aromatic carboxylic acids is 1. The van der Waals surface area contributed by atoms with Gasteiger partial charge in [0.2, 0.25) is 5.91 Å². The molecule has 2 aromatic rings. The van der Waals surface area contributed by atoms with Crippen LogP contribution in [0.2, 0.25) is 0 Å². The summed E-state index contributed by atoms with van der Waals surface area (Å²) in [6.45, 7) is 0. The number of carboxylic acid groups (broad SMARTS) is 2. The second-order valence-electron chi connectivity index (χ2n) is 6.13. The summed E-state index contributed by atoms with van der Waals surface area (Å²) in [6.07, 6.45) is -0.328. The number of amides is 3. The second kappa shape index (κ2) is 6.95.